The fourth-order valence-electron chi connectivity index (χ4n) is 2.47. The van der Waals surface area contributed by atoms with Crippen molar-refractivity contribution in [3.05, 3.63) is 11.6 Å². The van der Waals surface area contributed by atoms with Crippen LogP contribution in [0.25, 0.3) is 0 Å². The van der Waals surface area contributed by atoms with Gasteiger partial charge in [-0.25, -0.2) is 8.42 Å². The molecule has 20 heavy (non-hydrogen) atoms. The van der Waals surface area contributed by atoms with Gasteiger partial charge in [0.25, 0.3) is 0 Å². The molecule has 1 aliphatic carbocycles. The van der Waals surface area contributed by atoms with Crippen molar-refractivity contribution >= 4 is 23.9 Å². The van der Waals surface area contributed by atoms with E-state index in [0.717, 1.165) is 37.3 Å². The van der Waals surface area contributed by atoms with Crippen LogP contribution < -0.4 is 0 Å². The third-order valence-corrected chi connectivity index (χ3v) is 7.89. The molecular formula is C14H25NO3SSi. The molecule has 0 N–H and O–H groups in total. The van der Waals surface area contributed by atoms with Crippen LogP contribution in [0.4, 0.5) is 0 Å². The molecule has 1 heterocycles. The Labute approximate surface area is 123 Å². The maximum absolute atomic E-state index is 12.3. The number of rotatable bonds is 6. The van der Waals surface area contributed by atoms with Gasteiger partial charge in [0.05, 0.1) is 5.75 Å². The van der Waals surface area contributed by atoms with Crippen LogP contribution in [0.3, 0.4) is 0 Å². The fraction of sp³-hybridized carbons (Fsp3) is 0.786. The first kappa shape index (κ1) is 15.9. The summed E-state index contributed by atoms with van der Waals surface area (Å²) in [7, 11) is -4.60. The van der Waals surface area contributed by atoms with Gasteiger partial charge in [0.15, 0.2) is 5.78 Å². The molecular weight excluding hydrogens is 290 g/mol. The second-order valence-electron chi connectivity index (χ2n) is 7.05. The number of nitrogens with zero attached hydrogens (tertiary/aromatic N) is 1. The van der Waals surface area contributed by atoms with Crippen molar-refractivity contribution in [2.45, 2.75) is 57.4 Å². The van der Waals surface area contributed by atoms with Crippen LogP contribution >= 0.6 is 0 Å². The molecule has 0 saturated carbocycles. The number of sulfonamides is 1. The third-order valence-electron chi connectivity index (χ3n) is 3.94. The van der Waals surface area contributed by atoms with Crippen molar-refractivity contribution in [1.82, 2.24) is 4.31 Å². The van der Waals surface area contributed by atoms with Crippen molar-refractivity contribution in [1.29, 1.82) is 0 Å². The minimum Gasteiger partial charge on any atom is -0.293 e. The summed E-state index contributed by atoms with van der Waals surface area (Å²) >= 11 is 0. The summed E-state index contributed by atoms with van der Waals surface area (Å²) < 4.78 is 25.8. The summed E-state index contributed by atoms with van der Waals surface area (Å²) in [6.45, 7) is 6.89. The molecule has 0 aromatic carbocycles. The van der Waals surface area contributed by atoms with E-state index in [9.17, 15) is 13.2 Å². The average molecular weight is 316 g/mol. The van der Waals surface area contributed by atoms with E-state index in [2.05, 4.69) is 19.6 Å². The van der Waals surface area contributed by atoms with E-state index in [4.69, 9.17) is 0 Å². The van der Waals surface area contributed by atoms with Gasteiger partial charge < -0.3 is 0 Å². The maximum Gasteiger partial charge on any atom is 0.214 e. The zero-order valence-electron chi connectivity index (χ0n) is 12.7. The minimum absolute atomic E-state index is 0.0429. The molecule has 0 radical (unpaired) electrons. The molecule has 0 bridgehead atoms. The molecule has 0 amide bonds. The largest absolute Gasteiger partial charge is 0.293 e. The van der Waals surface area contributed by atoms with Gasteiger partial charge in [-0.3, -0.25) is 4.79 Å². The molecule has 1 fully saturated rings. The zero-order chi connectivity index (χ0) is 15.0. The SMILES string of the molecule is C[Si](C)(C)CCS(=O)(=O)N1CC1C(=O)C1=CCCCC1. The molecule has 6 heteroatoms. The Kier molecular flexibility index (Phi) is 4.56. The van der Waals surface area contributed by atoms with Gasteiger partial charge in [0.2, 0.25) is 10.0 Å². The quantitative estimate of drug-likeness (QED) is 0.559. The Morgan fingerprint density at radius 1 is 1.35 bits per heavy atom. The lowest BCUT2D eigenvalue weighted by Crippen LogP contribution is -2.28. The van der Waals surface area contributed by atoms with Crippen LogP contribution in [0.5, 0.6) is 0 Å². The standard InChI is InChI=1S/C14H25NO3SSi/c1-20(2,3)10-9-19(17,18)15-11-13(15)14(16)12-7-5-4-6-8-12/h7,13H,4-6,8-11H2,1-3H3. The highest BCUT2D eigenvalue weighted by Gasteiger charge is 2.48. The lowest BCUT2D eigenvalue weighted by atomic mass is 9.95. The van der Waals surface area contributed by atoms with E-state index in [1.165, 1.54) is 4.31 Å². The Bertz CT molecular complexity index is 519. The molecule has 0 aromatic rings. The van der Waals surface area contributed by atoms with E-state index >= 15 is 0 Å². The van der Waals surface area contributed by atoms with Crippen molar-refractivity contribution in [2.24, 2.45) is 0 Å². The smallest absolute Gasteiger partial charge is 0.214 e. The lowest BCUT2D eigenvalue weighted by molar-refractivity contribution is -0.115. The summed E-state index contributed by atoms with van der Waals surface area (Å²) in [5, 5.41) is 0. The van der Waals surface area contributed by atoms with E-state index in [1.54, 1.807) is 0 Å². The Hall–Kier alpha value is -0.463. The number of hydrogen-bond donors (Lipinski definition) is 0. The summed E-state index contributed by atoms with van der Waals surface area (Å²) in [5.41, 5.74) is 0.851. The highest BCUT2D eigenvalue weighted by molar-refractivity contribution is 7.89. The molecule has 2 unspecified atom stereocenters. The minimum atomic E-state index is -3.23. The summed E-state index contributed by atoms with van der Waals surface area (Å²) in [6.07, 6.45) is 5.96. The van der Waals surface area contributed by atoms with Crippen molar-refractivity contribution in [3.8, 4) is 0 Å². The van der Waals surface area contributed by atoms with Gasteiger partial charge in [0, 0.05) is 14.6 Å². The second-order valence-corrected chi connectivity index (χ2v) is 14.7. The molecule has 1 aliphatic heterocycles. The van der Waals surface area contributed by atoms with Gasteiger partial charge in [0.1, 0.15) is 6.04 Å². The molecule has 2 aliphatic rings. The molecule has 2 atom stereocenters. The molecule has 1 saturated heterocycles. The molecule has 4 nitrogen and oxygen atoms in total. The van der Waals surface area contributed by atoms with Crippen molar-refractivity contribution in [2.75, 3.05) is 12.3 Å². The maximum atomic E-state index is 12.3. The first-order valence-corrected chi connectivity index (χ1v) is 12.8. The Balaban J connectivity index is 1.93. The van der Waals surface area contributed by atoms with Crippen molar-refractivity contribution < 1.29 is 13.2 Å². The first-order valence-electron chi connectivity index (χ1n) is 7.43. The number of carbonyl (C=O) groups is 1. The number of carbonyl (C=O) groups excluding carboxylic acids is 1. The van der Waals surface area contributed by atoms with E-state index in [0.29, 0.717) is 6.54 Å². The molecule has 0 aromatic heterocycles. The topological polar surface area (TPSA) is 54.2 Å². The van der Waals surface area contributed by atoms with Gasteiger partial charge in [-0.15, -0.1) is 0 Å². The number of allylic oxidation sites excluding steroid dienone is 1. The first-order chi connectivity index (χ1) is 9.21. The number of ketones is 1. The number of hydrogen-bond acceptors (Lipinski definition) is 3. The Morgan fingerprint density at radius 2 is 2.05 bits per heavy atom. The average Bonchev–Trinajstić information content (AvgIpc) is 3.17. The second kappa shape index (κ2) is 5.73. The Morgan fingerprint density at radius 3 is 2.60 bits per heavy atom. The van der Waals surface area contributed by atoms with Gasteiger partial charge in [-0.1, -0.05) is 25.7 Å². The normalized spacial score (nSPS) is 27.1. The van der Waals surface area contributed by atoms with Gasteiger partial charge >= 0.3 is 0 Å². The lowest BCUT2D eigenvalue weighted by Gasteiger charge is -2.16. The molecule has 2 rings (SSSR count). The summed E-state index contributed by atoms with van der Waals surface area (Å²) in [4.78, 5) is 12.3. The monoisotopic (exact) mass is 315 g/mol. The molecule has 114 valence electrons. The van der Waals surface area contributed by atoms with Crippen LogP contribution in [-0.4, -0.2) is 44.9 Å². The number of Topliss-reactive ketones (excluding diaryl/α,β-unsaturated/α-hetero) is 1. The van der Waals surface area contributed by atoms with Crippen LogP contribution in [-0.2, 0) is 14.8 Å². The third kappa shape index (κ3) is 4.02. The van der Waals surface area contributed by atoms with Crippen LogP contribution in [0.15, 0.2) is 11.6 Å². The predicted octanol–water partition coefficient (Wildman–Crippen LogP) is 2.41. The summed E-state index contributed by atoms with van der Waals surface area (Å²) in [6, 6.07) is 0.362. The van der Waals surface area contributed by atoms with Crippen LogP contribution in [0, 0.1) is 0 Å². The highest BCUT2D eigenvalue weighted by atomic mass is 32.2. The van der Waals surface area contributed by atoms with Crippen LogP contribution in [0.1, 0.15) is 25.7 Å². The van der Waals surface area contributed by atoms with Crippen LogP contribution in [0.2, 0.25) is 25.7 Å². The zero-order valence-corrected chi connectivity index (χ0v) is 14.5. The fourth-order valence-corrected chi connectivity index (χ4v) is 7.04. The predicted molar refractivity (Wildman–Crippen MR) is 84.0 cm³/mol. The van der Waals surface area contributed by atoms with E-state index in [-0.39, 0.29) is 11.5 Å². The highest BCUT2D eigenvalue weighted by Crippen LogP contribution is 2.30. The molecule has 0 spiro atoms. The van der Waals surface area contributed by atoms with Crippen molar-refractivity contribution in [3.63, 3.8) is 0 Å². The van der Waals surface area contributed by atoms with Gasteiger partial charge in [-0.2, -0.15) is 4.31 Å². The van der Waals surface area contributed by atoms with E-state index in [1.807, 2.05) is 6.08 Å². The van der Waals surface area contributed by atoms with E-state index < -0.39 is 24.1 Å². The van der Waals surface area contributed by atoms with Gasteiger partial charge in [-0.05, 0) is 37.3 Å². The summed E-state index contributed by atoms with van der Waals surface area (Å²) in [5.74, 6) is 0.243.